The second kappa shape index (κ2) is 4.34. The van der Waals surface area contributed by atoms with Crippen molar-refractivity contribution in [2.75, 3.05) is 0 Å². The molecule has 0 aliphatic heterocycles. The fraction of sp³-hybridized carbons (Fsp3) is 0.154. The van der Waals surface area contributed by atoms with Crippen molar-refractivity contribution in [2.45, 2.75) is 6.42 Å². The van der Waals surface area contributed by atoms with Crippen LogP contribution in [-0.2, 0) is 6.42 Å². The predicted octanol–water partition coefficient (Wildman–Crippen LogP) is 3.34. The Hall–Kier alpha value is -1.21. The third kappa shape index (κ3) is 2.18. The van der Waals surface area contributed by atoms with Gasteiger partial charge in [0.25, 0.3) is 0 Å². The molecule has 1 aliphatic carbocycles. The van der Waals surface area contributed by atoms with Gasteiger partial charge in [-0.2, -0.15) is 0 Å². The van der Waals surface area contributed by atoms with Crippen molar-refractivity contribution in [1.82, 2.24) is 0 Å². The van der Waals surface area contributed by atoms with Gasteiger partial charge in [0.05, 0.1) is 0 Å². The van der Waals surface area contributed by atoms with E-state index < -0.39 is 0 Å². The number of hydrogen-bond acceptors (Lipinski definition) is 1. The van der Waals surface area contributed by atoms with E-state index in [4.69, 9.17) is 12.2 Å². The molecule has 1 unspecified atom stereocenters. The highest BCUT2D eigenvalue weighted by atomic mass is 32.1. The summed E-state index contributed by atoms with van der Waals surface area (Å²) in [6.45, 7) is 0. The number of benzene rings is 1. The van der Waals surface area contributed by atoms with Gasteiger partial charge in [-0.05, 0) is 18.1 Å². The lowest BCUT2D eigenvalue weighted by atomic mass is 9.93. The fourth-order valence-electron chi connectivity index (χ4n) is 1.60. The molecule has 0 aromatic heterocycles. The van der Waals surface area contributed by atoms with Crippen LogP contribution < -0.4 is 0 Å². The number of allylic oxidation sites excluding steroid dienone is 4. The van der Waals surface area contributed by atoms with Crippen molar-refractivity contribution in [3.63, 3.8) is 0 Å². The Morgan fingerprint density at radius 2 is 1.86 bits per heavy atom. The molecule has 0 radical (unpaired) electrons. The van der Waals surface area contributed by atoms with Crippen LogP contribution >= 0.6 is 12.2 Å². The average Bonchev–Trinajstić information content (AvgIpc) is 2.23. The molecule has 70 valence electrons. The first kappa shape index (κ1) is 9.35. The summed E-state index contributed by atoms with van der Waals surface area (Å²) in [4.78, 5) is 1.04. The van der Waals surface area contributed by atoms with Gasteiger partial charge in [-0.1, -0.05) is 60.8 Å². The maximum Gasteiger partial charge on any atom is 0.0224 e. The molecule has 0 N–H and O–H groups in total. The molecular formula is C13H12S. The first-order chi connectivity index (χ1) is 6.86. The maximum atomic E-state index is 5.29. The quantitative estimate of drug-likeness (QED) is 0.660. The summed E-state index contributed by atoms with van der Waals surface area (Å²) < 4.78 is 0. The second-order valence-corrected chi connectivity index (χ2v) is 3.91. The number of rotatable bonds is 2. The van der Waals surface area contributed by atoms with Gasteiger partial charge < -0.3 is 0 Å². The molecule has 2 rings (SSSR count). The van der Waals surface area contributed by atoms with Crippen LogP contribution in [0.4, 0.5) is 0 Å². The van der Waals surface area contributed by atoms with Crippen LogP contribution in [0.2, 0.25) is 0 Å². The molecule has 1 aromatic rings. The van der Waals surface area contributed by atoms with Crippen LogP contribution in [0.1, 0.15) is 5.56 Å². The molecule has 0 heterocycles. The zero-order chi connectivity index (χ0) is 9.80. The molecule has 0 saturated carbocycles. The first-order valence-electron chi connectivity index (χ1n) is 4.79. The van der Waals surface area contributed by atoms with E-state index >= 15 is 0 Å². The van der Waals surface area contributed by atoms with E-state index in [-0.39, 0.29) is 0 Å². The van der Waals surface area contributed by atoms with Gasteiger partial charge in [0, 0.05) is 10.8 Å². The average molecular weight is 200 g/mol. The molecule has 1 aliphatic rings. The summed E-state index contributed by atoms with van der Waals surface area (Å²) in [7, 11) is 0. The van der Waals surface area contributed by atoms with Crippen LogP contribution in [0.5, 0.6) is 0 Å². The summed E-state index contributed by atoms with van der Waals surface area (Å²) in [6, 6.07) is 10.5. The standard InChI is InChI=1S/C13H12S/c14-13-9-5-4-8-12(13)10-11-6-2-1-3-7-11/h1-9,12H,10H2. The lowest BCUT2D eigenvalue weighted by Crippen LogP contribution is -2.12. The van der Waals surface area contributed by atoms with Crippen LogP contribution in [0.15, 0.2) is 54.6 Å². The minimum atomic E-state index is 0.400. The normalized spacial score (nSPS) is 20.0. The fourth-order valence-corrected chi connectivity index (χ4v) is 1.84. The van der Waals surface area contributed by atoms with Gasteiger partial charge in [-0.15, -0.1) is 0 Å². The van der Waals surface area contributed by atoms with E-state index in [1.165, 1.54) is 5.56 Å². The molecular weight excluding hydrogens is 188 g/mol. The summed E-state index contributed by atoms with van der Waals surface area (Å²) in [5.41, 5.74) is 1.35. The van der Waals surface area contributed by atoms with Gasteiger partial charge in [-0.25, -0.2) is 0 Å². The monoisotopic (exact) mass is 200 g/mol. The van der Waals surface area contributed by atoms with Crippen LogP contribution in [0, 0.1) is 5.92 Å². The van der Waals surface area contributed by atoms with Gasteiger partial charge in [0.15, 0.2) is 0 Å². The molecule has 0 bridgehead atoms. The Morgan fingerprint density at radius 3 is 2.57 bits per heavy atom. The maximum absolute atomic E-state index is 5.29. The third-order valence-electron chi connectivity index (χ3n) is 2.38. The Balaban J connectivity index is 2.09. The van der Waals surface area contributed by atoms with Crippen molar-refractivity contribution in [3.8, 4) is 0 Å². The highest BCUT2D eigenvalue weighted by Gasteiger charge is 2.11. The summed E-state index contributed by atoms with van der Waals surface area (Å²) in [5, 5.41) is 0. The summed E-state index contributed by atoms with van der Waals surface area (Å²) in [6.07, 6.45) is 9.28. The molecule has 0 saturated heterocycles. The molecule has 1 aromatic carbocycles. The molecule has 0 fully saturated rings. The summed E-state index contributed by atoms with van der Waals surface area (Å²) >= 11 is 5.29. The van der Waals surface area contributed by atoms with Crippen molar-refractivity contribution >= 4 is 17.1 Å². The van der Waals surface area contributed by atoms with E-state index in [0.717, 1.165) is 11.3 Å². The summed E-state index contributed by atoms with van der Waals surface area (Å²) in [5.74, 6) is 0.400. The Morgan fingerprint density at radius 1 is 1.07 bits per heavy atom. The predicted molar refractivity (Wildman–Crippen MR) is 64.5 cm³/mol. The van der Waals surface area contributed by atoms with Crippen LogP contribution in [0.25, 0.3) is 0 Å². The largest absolute Gasteiger partial charge is 0.0843 e. The zero-order valence-electron chi connectivity index (χ0n) is 7.89. The molecule has 14 heavy (non-hydrogen) atoms. The SMILES string of the molecule is S=C1C=CC=CC1Cc1ccccc1. The van der Waals surface area contributed by atoms with Gasteiger partial charge in [-0.3, -0.25) is 0 Å². The van der Waals surface area contributed by atoms with E-state index in [1.54, 1.807) is 0 Å². The second-order valence-electron chi connectivity index (χ2n) is 3.44. The van der Waals surface area contributed by atoms with Gasteiger partial charge in [0.2, 0.25) is 0 Å². The Kier molecular flexibility index (Phi) is 2.90. The third-order valence-corrected chi connectivity index (χ3v) is 2.82. The molecule has 1 atom stereocenters. The van der Waals surface area contributed by atoms with Crippen LogP contribution in [-0.4, -0.2) is 4.86 Å². The lowest BCUT2D eigenvalue weighted by molar-refractivity contribution is 0.861. The molecule has 0 nitrogen and oxygen atoms in total. The molecule has 1 heteroatoms. The van der Waals surface area contributed by atoms with E-state index in [9.17, 15) is 0 Å². The highest BCUT2D eigenvalue weighted by Crippen LogP contribution is 2.15. The van der Waals surface area contributed by atoms with Crippen LogP contribution in [0.3, 0.4) is 0 Å². The van der Waals surface area contributed by atoms with Crippen molar-refractivity contribution in [3.05, 3.63) is 60.2 Å². The molecule has 0 spiro atoms. The number of hydrogen-bond donors (Lipinski definition) is 0. The Bertz CT molecular complexity index is 373. The van der Waals surface area contributed by atoms with Crippen molar-refractivity contribution < 1.29 is 0 Å². The molecule has 0 amide bonds. The highest BCUT2D eigenvalue weighted by molar-refractivity contribution is 7.80. The topological polar surface area (TPSA) is 0 Å². The van der Waals surface area contributed by atoms with E-state index in [2.05, 4.69) is 36.4 Å². The van der Waals surface area contributed by atoms with Gasteiger partial charge >= 0.3 is 0 Å². The van der Waals surface area contributed by atoms with Crippen molar-refractivity contribution in [2.24, 2.45) is 5.92 Å². The minimum absolute atomic E-state index is 0.400. The zero-order valence-corrected chi connectivity index (χ0v) is 8.71. The Labute approximate surface area is 90.0 Å². The van der Waals surface area contributed by atoms with Gasteiger partial charge in [0.1, 0.15) is 0 Å². The lowest BCUT2D eigenvalue weighted by Gasteiger charge is -2.13. The smallest absolute Gasteiger partial charge is 0.0224 e. The van der Waals surface area contributed by atoms with Crippen molar-refractivity contribution in [1.29, 1.82) is 0 Å². The van der Waals surface area contributed by atoms with E-state index in [0.29, 0.717) is 5.92 Å². The van der Waals surface area contributed by atoms with E-state index in [1.807, 2.05) is 18.2 Å². The number of thiocarbonyl (C=S) groups is 1. The minimum Gasteiger partial charge on any atom is -0.0843 e. The first-order valence-corrected chi connectivity index (χ1v) is 5.20.